The summed E-state index contributed by atoms with van der Waals surface area (Å²) >= 11 is 0. The Bertz CT molecular complexity index is 220. The van der Waals surface area contributed by atoms with Crippen molar-refractivity contribution in [3.63, 3.8) is 0 Å². The number of rotatable bonds is 7. The molecule has 0 unspecified atom stereocenters. The molecule has 1 aliphatic carbocycles. The summed E-state index contributed by atoms with van der Waals surface area (Å²) in [6.07, 6.45) is 2.71. The third kappa shape index (κ3) is 7.81. The normalized spacial score (nSPS) is 15.4. The van der Waals surface area contributed by atoms with E-state index in [-0.39, 0.29) is 24.0 Å². The van der Waals surface area contributed by atoms with Crippen LogP contribution in [0.2, 0.25) is 0 Å². The van der Waals surface area contributed by atoms with E-state index in [0.717, 1.165) is 44.7 Å². The lowest BCUT2D eigenvalue weighted by atomic mass is 10.5. The highest BCUT2D eigenvalue weighted by Crippen LogP contribution is 2.28. The smallest absolute Gasteiger partial charge is 0.193 e. The molecule has 0 spiro atoms. The van der Waals surface area contributed by atoms with Gasteiger partial charge in [-0.15, -0.1) is 24.0 Å². The van der Waals surface area contributed by atoms with Crippen LogP contribution in [0.4, 0.5) is 0 Å². The molecule has 0 aromatic carbocycles. The van der Waals surface area contributed by atoms with Crippen molar-refractivity contribution in [3.8, 4) is 0 Å². The maximum absolute atomic E-state index is 5.61. The van der Waals surface area contributed by atoms with E-state index < -0.39 is 0 Å². The van der Waals surface area contributed by atoms with Crippen LogP contribution in [0.15, 0.2) is 4.99 Å². The fourth-order valence-corrected chi connectivity index (χ4v) is 1.46. The van der Waals surface area contributed by atoms with Crippen LogP contribution in [-0.2, 0) is 4.74 Å². The zero-order valence-corrected chi connectivity index (χ0v) is 13.6. The van der Waals surface area contributed by atoms with E-state index in [2.05, 4.69) is 36.1 Å². The molecule has 0 aromatic rings. The van der Waals surface area contributed by atoms with Crippen molar-refractivity contribution in [2.75, 3.05) is 39.9 Å². The lowest BCUT2D eigenvalue weighted by Crippen LogP contribution is -2.40. The molecule has 0 amide bonds. The van der Waals surface area contributed by atoms with Gasteiger partial charge in [-0.05, 0) is 32.6 Å². The van der Waals surface area contributed by atoms with Crippen LogP contribution < -0.4 is 5.32 Å². The van der Waals surface area contributed by atoms with Crippen molar-refractivity contribution in [2.45, 2.75) is 26.7 Å². The van der Waals surface area contributed by atoms with E-state index >= 15 is 0 Å². The van der Waals surface area contributed by atoms with Crippen molar-refractivity contribution in [3.05, 3.63) is 0 Å². The quantitative estimate of drug-likeness (QED) is 0.328. The van der Waals surface area contributed by atoms with Crippen molar-refractivity contribution in [2.24, 2.45) is 10.9 Å². The summed E-state index contributed by atoms with van der Waals surface area (Å²) in [5, 5.41) is 3.27. The second-order valence-electron chi connectivity index (χ2n) is 4.27. The van der Waals surface area contributed by atoms with Crippen LogP contribution >= 0.6 is 24.0 Å². The van der Waals surface area contributed by atoms with E-state index in [1.165, 1.54) is 12.8 Å². The lowest BCUT2D eigenvalue weighted by molar-refractivity contribution is 0.115. The minimum Gasteiger partial charge on any atom is -0.379 e. The molecule has 5 heteroatoms. The van der Waals surface area contributed by atoms with E-state index in [1.807, 2.05) is 0 Å². The molecule has 1 saturated carbocycles. The Kier molecular flexibility index (Phi) is 9.91. The second-order valence-corrected chi connectivity index (χ2v) is 4.27. The number of nitrogens with zero attached hydrogens (tertiary/aromatic N) is 2. The summed E-state index contributed by atoms with van der Waals surface area (Å²) in [7, 11) is 2.05. The molecule has 102 valence electrons. The number of ether oxygens (including phenoxy) is 1. The topological polar surface area (TPSA) is 36.9 Å². The Labute approximate surface area is 122 Å². The van der Waals surface area contributed by atoms with E-state index in [0.29, 0.717) is 0 Å². The Morgan fingerprint density at radius 1 is 1.41 bits per heavy atom. The molecule has 0 saturated heterocycles. The Hall–Kier alpha value is -0.0400. The standard InChI is InChI=1S/C12H25N3O.HI/c1-4-13-12(14-5-2)15(3)8-9-16-10-11-6-7-11;/h11H,4-10H2,1-3H3,(H,13,14);1H. The first-order valence-electron chi connectivity index (χ1n) is 6.35. The van der Waals surface area contributed by atoms with Gasteiger partial charge in [0, 0.05) is 33.3 Å². The van der Waals surface area contributed by atoms with Gasteiger partial charge in [0.25, 0.3) is 0 Å². The van der Waals surface area contributed by atoms with Gasteiger partial charge in [0.15, 0.2) is 5.96 Å². The first-order valence-corrected chi connectivity index (χ1v) is 6.35. The average molecular weight is 355 g/mol. The summed E-state index contributed by atoms with van der Waals surface area (Å²) < 4.78 is 5.61. The van der Waals surface area contributed by atoms with Crippen LogP contribution in [0.3, 0.4) is 0 Å². The number of aliphatic imine (C=N–C) groups is 1. The first kappa shape index (κ1) is 17.0. The molecule has 4 nitrogen and oxygen atoms in total. The Morgan fingerprint density at radius 2 is 2.12 bits per heavy atom. The summed E-state index contributed by atoms with van der Waals surface area (Å²) in [5.74, 6) is 1.82. The SMILES string of the molecule is CCN=C(NCC)N(C)CCOCC1CC1.I. The molecule has 1 N–H and O–H groups in total. The van der Waals surface area contributed by atoms with Crippen molar-refractivity contribution in [1.29, 1.82) is 0 Å². The first-order chi connectivity index (χ1) is 7.77. The highest BCUT2D eigenvalue weighted by molar-refractivity contribution is 14.0. The maximum atomic E-state index is 5.61. The van der Waals surface area contributed by atoms with E-state index in [4.69, 9.17) is 4.74 Å². The van der Waals surface area contributed by atoms with E-state index in [1.54, 1.807) is 0 Å². The van der Waals surface area contributed by atoms with Crippen LogP contribution in [0.5, 0.6) is 0 Å². The number of hydrogen-bond acceptors (Lipinski definition) is 2. The summed E-state index contributed by atoms with van der Waals surface area (Å²) in [6.45, 7) is 8.49. The fraction of sp³-hybridized carbons (Fsp3) is 0.917. The number of nitrogens with one attached hydrogen (secondary N) is 1. The Morgan fingerprint density at radius 3 is 2.65 bits per heavy atom. The fourth-order valence-electron chi connectivity index (χ4n) is 1.46. The maximum Gasteiger partial charge on any atom is 0.193 e. The average Bonchev–Trinajstić information content (AvgIpc) is 3.07. The number of hydrogen-bond donors (Lipinski definition) is 1. The zero-order chi connectivity index (χ0) is 11.8. The molecule has 0 aliphatic heterocycles. The molecule has 0 heterocycles. The molecular weight excluding hydrogens is 329 g/mol. The monoisotopic (exact) mass is 355 g/mol. The highest BCUT2D eigenvalue weighted by atomic mass is 127. The molecule has 0 aromatic heterocycles. The van der Waals surface area contributed by atoms with Gasteiger partial charge in [-0.25, -0.2) is 0 Å². The Balaban J connectivity index is 0.00000256. The molecule has 0 radical (unpaired) electrons. The molecule has 0 atom stereocenters. The summed E-state index contributed by atoms with van der Waals surface area (Å²) in [6, 6.07) is 0. The zero-order valence-electron chi connectivity index (χ0n) is 11.2. The van der Waals surface area contributed by atoms with Gasteiger partial charge in [0.2, 0.25) is 0 Å². The molecule has 1 aliphatic rings. The predicted octanol–water partition coefficient (Wildman–Crippen LogP) is 1.95. The predicted molar refractivity (Wildman–Crippen MR) is 83.2 cm³/mol. The minimum atomic E-state index is 0. The third-order valence-corrected chi connectivity index (χ3v) is 2.63. The van der Waals surface area contributed by atoms with Gasteiger partial charge in [-0.1, -0.05) is 0 Å². The van der Waals surface area contributed by atoms with Gasteiger partial charge >= 0.3 is 0 Å². The largest absolute Gasteiger partial charge is 0.379 e. The van der Waals surface area contributed by atoms with Crippen LogP contribution in [0.1, 0.15) is 26.7 Å². The van der Waals surface area contributed by atoms with Crippen LogP contribution in [0.25, 0.3) is 0 Å². The number of halogens is 1. The molecular formula is C12H26IN3O. The van der Waals surface area contributed by atoms with Crippen molar-refractivity contribution >= 4 is 29.9 Å². The number of likely N-dealkylation sites (N-methyl/N-ethyl adjacent to an activating group) is 1. The lowest BCUT2D eigenvalue weighted by Gasteiger charge is -2.21. The highest BCUT2D eigenvalue weighted by Gasteiger charge is 2.21. The van der Waals surface area contributed by atoms with Gasteiger partial charge in [-0.3, -0.25) is 4.99 Å². The third-order valence-electron chi connectivity index (χ3n) is 2.63. The molecule has 1 rings (SSSR count). The van der Waals surface area contributed by atoms with Crippen LogP contribution in [-0.4, -0.2) is 50.8 Å². The summed E-state index contributed by atoms with van der Waals surface area (Å²) in [4.78, 5) is 6.54. The van der Waals surface area contributed by atoms with Gasteiger partial charge < -0.3 is 15.0 Å². The van der Waals surface area contributed by atoms with E-state index in [9.17, 15) is 0 Å². The van der Waals surface area contributed by atoms with Crippen LogP contribution in [0, 0.1) is 5.92 Å². The molecule has 0 bridgehead atoms. The van der Waals surface area contributed by atoms with Gasteiger partial charge in [0.1, 0.15) is 0 Å². The van der Waals surface area contributed by atoms with Crippen molar-refractivity contribution in [1.82, 2.24) is 10.2 Å². The summed E-state index contributed by atoms with van der Waals surface area (Å²) in [5.41, 5.74) is 0. The second kappa shape index (κ2) is 9.94. The minimum absolute atomic E-state index is 0. The van der Waals surface area contributed by atoms with Gasteiger partial charge in [0.05, 0.1) is 6.61 Å². The van der Waals surface area contributed by atoms with Crippen molar-refractivity contribution < 1.29 is 4.74 Å². The van der Waals surface area contributed by atoms with Gasteiger partial charge in [-0.2, -0.15) is 0 Å². The number of guanidine groups is 1. The molecule has 1 fully saturated rings. The molecule has 17 heavy (non-hydrogen) atoms.